The predicted octanol–water partition coefficient (Wildman–Crippen LogP) is 3.98. The summed E-state index contributed by atoms with van der Waals surface area (Å²) in [5.74, 6) is 0.0543. The Kier molecular flexibility index (Phi) is 3.74. The first-order valence-corrected chi connectivity index (χ1v) is 6.58. The van der Waals surface area contributed by atoms with Crippen LogP contribution in [0.15, 0.2) is 34.2 Å². The summed E-state index contributed by atoms with van der Waals surface area (Å²) in [6, 6.07) is 5.22. The summed E-state index contributed by atoms with van der Waals surface area (Å²) in [4.78, 5) is 16.8. The maximum Gasteiger partial charge on any atom is 0.168 e. The Morgan fingerprint density at radius 1 is 1.50 bits per heavy atom. The standard InChI is InChI=1S/C11H7BrClNOS/c12-8-4-9(16-6-8)5-10(15)7-1-2-14-11(13)3-7/h1-4,6H,5H2. The second-order valence-electron chi connectivity index (χ2n) is 3.20. The first-order valence-electron chi connectivity index (χ1n) is 4.53. The highest BCUT2D eigenvalue weighted by Crippen LogP contribution is 2.21. The first-order chi connectivity index (χ1) is 7.65. The molecule has 82 valence electrons. The molecule has 2 aromatic rings. The Bertz CT molecular complexity index is 526. The van der Waals surface area contributed by atoms with Crippen molar-refractivity contribution < 1.29 is 4.79 Å². The lowest BCUT2D eigenvalue weighted by Gasteiger charge is -1.98. The van der Waals surface area contributed by atoms with Gasteiger partial charge in [0.05, 0.1) is 0 Å². The van der Waals surface area contributed by atoms with E-state index in [1.54, 1.807) is 29.7 Å². The molecule has 0 radical (unpaired) electrons. The van der Waals surface area contributed by atoms with Crippen LogP contribution in [0.5, 0.6) is 0 Å². The quantitative estimate of drug-likeness (QED) is 0.633. The van der Waals surface area contributed by atoms with Gasteiger partial charge in [0.2, 0.25) is 0 Å². The largest absolute Gasteiger partial charge is 0.294 e. The summed E-state index contributed by atoms with van der Waals surface area (Å²) in [6.45, 7) is 0. The van der Waals surface area contributed by atoms with E-state index in [0.29, 0.717) is 17.1 Å². The number of pyridine rings is 1. The van der Waals surface area contributed by atoms with E-state index in [4.69, 9.17) is 11.6 Å². The van der Waals surface area contributed by atoms with E-state index in [-0.39, 0.29) is 5.78 Å². The van der Waals surface area contributed by atoms with Crippen LogP contribution in [0, 0.1) is 0 Å². The van der Waals surface area contributed by atoms with Gasteiger partial charge in [-0.3, -0.25) is 4.79 Å². The van der Waals surface area contributed by atoms with Crippen molar-refractivity contribution in [3.8, 4) is 0 Å². The number of carbonyl (C=O) groups excluding carboxylic acids is 1. The van der Waals surface area contributed by atoms with Crippen molar-refractivity contribution >= 4 is 44.7 Å². The van der Waals surface area contributed by atoms with Crippen LogP contribution in [0.4, 0.5) is 0 Å². The molecule has 0 aliphatic carbocycles. The van der Waals surface area contributed by atoms with Crippen molar-refractivity contribution in [2.45, 2.75) is 6.42 Å². The SMILES string of the molecule is O=C(Cc1cc(Br)cs1)c1ccnc(Cl)c1. The lowest BCUT2D eigenvalue weighted by Crippen LogP contribution is -2.02. The summed E-state index contributed by atoms with van der Waals surface area (Å²) >= 11 is 10.6. The van der Waals surface area contributed by atoms with Gasteiger partial charge in [0.1, 0.15) is 5.15 Å². The Morgan fingerprint density at radius 2 is 2.31 bits per heavy atom. The number of hydrogen-bond acceptors (Lipinski definition) is 3. The van der Waals surface area contributed by atoms with Gasteiger partial charge in [-0.15, -0.1) is 11.3 Å². The van der Waals surface area contributed by atoms with Crippen LogP contribution < -0.4 is 0 Å². The van der Waals surface area contributed by atoms with Crippen LogP contribution >= 0.6 is 38.9 Å². The minimum Gasteiger partial charge on any atom is -0.294 e. The Balaban J connectivity index is 2.14. The molecular formula is C11H7BrClNOS. The van der Waals surface area contributed by atoms with Crippen LogP contribution in [0.1, 0.15) is 15.2 Å². The summed E-state index contributed by atoms with van der Waals surface area (Å²) in [6.07, 6.45) is 1.94. The molecule has 0 unspecified atom stereocenters. The van der Waals surface area contributed by atoms with E-state index in [9.17, 15) is 4.79 Å². The lowest BCUT2D eigenvalue weighted by molar-refractivity contribution is 0.0993. The molecule has 0 spiro atoms. The highest BCUT2D eigenvalue weighted by Gasteiger charge is 2.09. The lowest BCUT2D eigenvalue weighted by atomic mass is 10.1. The number of rotatable bonds is 3. The van der Waals surface area contributed by atoms with Gasteiger partial charge >= 0.3 is 0 Å². The molecule has 0 atom stereocenters. The molecular weight excluding hydrogens is 310 g/mol. The fourth-order valence-corrected chi connectivity index (χ4v) is 2.91. The Morgan fingerprint density at radius 3 is 2.94 bits per heavy atom. The molecule has 0 bridgehead atoms. The fraction of sp³-hybridized carbons (Fsp3) is 0.0909. The average Bonchev–Trinajstić information content (AvgIpc) is 2.64. The summed E-state index contributed by atoms with van der Waals surface area (Å²) in [5.41, 5.74) is 0.601. The average molecular weight is 317 g/mol. The second kappa shape index (κ2) is 5.08. The number of halogens is 2. The van der Waals surface area contributed by atoms with Crippen molar-refractivity contribution in [3.05, 3.63) is 49.8 Å². The third-order valence-corrected chi connectivity index (χ3v) is 3.91. The molecule has 0 aliphatic rings. The van der Waals surface area contributed by atoms with Crippen molar-refractivity contribution in [1.82, 2.24) is 4.98 Å². The van der Waals surface area contributed by atoms with Gasteiger partial charge in [0.15, 0.2) is 5.78 Å². The van der Waals surface area contributed by atoms with Crippen LogP contribution in [-0.2, 0) is 6.42 Å². The van der Waals surface area contributed by atoms with E-state index in [1.165, 1.54) is 0 Å². The van der Waals surface area contributed by atoms with Crippen molar-refractivity contribution in [3.63, 3.8) is 0 Å². The first kappa shape index (κ1) is 11.8. The van der Waals surface area contributed by atoms with E-state index in [2.05, 4.69) is 20.9 Å². The molecule has 2 aromatic heterocycles. The van der Waals surface area contributed by atoms with Crippen LogP contribution in [0.3, 0.4) is 0 Å². The molecule has 0 saturated carbocycles. The maximum absolute atomic E-state index is 11.9. The smallest absolute Gasteiger partial charge is 0.168 e. The van der Waals surface area contributed by atoms with Gasteiger partial charge in [-0.25, -0.2) is 4.98 Å². The molecule has 0 fully saturated rings. The molecule has 0 amide bonds. The van der Waals surface area contributed by atoms with Crippen molar-refractivity contribution in [2.24, 2.45) is 0 Å². The van der Waals surface area contributed by atoms with E-state index in [0.717, 1.165) is 9.35 Å². The number of aromatic nitrogens is 1. The third kappa shape index (κ3) is 2.90. The van der Waals surface area contributed by atoms with E-state index < -0.39 is 0 Å². The van der Waals surface area contributed by atoms with Gasteiger partial charge < -0.3 is 0 Å². The van der Waals surface area contributed by atoms with Gasteiger partial charge in [-0.1, -0.05) is 11.6 Å². The van der Waals surface area contributed by atoms with Crippen molar-refractivity contribution in [1.29, 1.82) is 0 Å². The van der Waals surface area contributed by atoms with Crippen molar-refractivity contribution in [2.75, 3.05) is 0 Å². The molecule has 0 saturated heterocycles. The number of hydrogen-bond donors (Lipinski definition) is 0. The topological polar surface area (TPSA) is 30.0 Å². The monoisotopic (exact) mass is 315 g/mol. The Hall–Kier alpha value is -0.710. The zero-order valence-corrected chi connectivity index (χ0v) is 11.3. The third-order valence-electron chi connectivity index (χ3n) is 2.01. The molecule has 5 heteroatoms. The van der Waals surface area contributed by atoms with Gasteiger partial charge in [0, 0.05) is 32.9 Å². The number of ketones is 1. The summed E-state index contributed by atoms with van der Waals surface area (Å²) < 4.78 is 1.01. The molecule has 2 rings (SSSR count). The number of thiophene rings is 1. The minimum absolute atomic E-state index is 0.0543. The van der Waals surface area contributed by atoms with Crippen LogP contribution in [0.2, 0.25) is 5.15 Å². The van der Waals surface area contributed by atoms with Gasteiger partial charge in [0.25, 0.3) is 0 Å². The minimum atomic E-state index is 0.0543. The summed E-state index contributed by atoms with van der Waals surface area (Å²) in [5, 5.41) is 2.31. The normalized spacial score (nSPS) is 10.4. The van der Waals surface area contributed by atoms with Crippen LogP contribution in [0.25, 0.3) is 0 Å². The zero-order chi connectivity index (χ0) is 11.5. The number of Topliss-reactive ketones (excluding diaryl/α,β-unsaturated/α-hetero) is 1. The Labute approximate surface area is 110 Å². The van der Waals surface area contributed by atoms with E-state index in [1.807, 2.05) is 11.4 Å². The highest BCUT2D eigenvalue weighted by atomic mass is 79.9. The van der Waals surface area contributed by atoms with E-state index >= 15 is 0 Å². The molecule has 16 heavy (non-hydrogen) atoms. The molecule has 0 aliphatic heterocycles. The van der Waals surface area contributed by atoms with Gasteiger partial charge in [-0.05, 0) is 34.1 Å². The van der Waals surface area contributed by atoms with Crippen LogP contribution in [-0.4, -0.2) is 10.8 Å². The summed E-state index contributed by atoms with van der Waals surface area (Å²) in [7, 11) is 0. The zero-order valence-electron chi connectivity index (χ0n) is 8.11. The number of nitrogens with zero attached hydrogens (tertiary/aromatic N) is 1. The second-order valence-corrected chi connectivity index (χ2v) is 5.50. The highest BCUT2D eigenvalue weighted by molar-refractivity contribution is 9.10. The predicted molar refractivity (Wildman–Crippen MR) is 69.3 cm³/mol. The fourth-order valence-electron chi connectivity index (χ4n) is 1.28. The molecule has 2 heterocycles. The van der Waals surface area contributed by atoms with Gasteiger partial charge in [-0.2, -0.15) is 0 Å². The maximum atomic E-state index is 11.9. The number of carbonyl (C=O) groups is 1. The molecule has 2 nitrogen and oxygen atoms in total. The molecule has 0 aromatic carbocycles. The molecule has 0 N–H and O–H groups in total.